The normalized spacial score (nSPS) is 11.8. The summed E-state index contributed by atoms with van der Waals surface area (Å²) in [6.07, 6.45) is 1.14. The summed E-state index contributed by atoms with van der Waals surface area (Å²) in [5, 5.41) is 10.3. The molecule has 9 heteroatoms. The predicted octanol–water partition coefficient (Wildman–Crippen LogP) is 3.37. The van der Waals surface area contributed by atoms with Crippen LogP contribution in [0.4, 0.5) is 10.6 Å². The topological polar surface area (TPSA) is 132 Å². The standard InChI is InChI=1S/C19H20N6O3/c1-19(2,3)28-18(26)21-9-14-24-15-16(27-14)11-5-4-10(12-6-7-22-25-12)8-13(11)23-17(15)20/h4-8H,9H2,1-3H3,(H2,20,23)(H,21,26)(H,22,25). The van der Waals surface area contributed by atoms with Gasteiger partial charge >= 0.3 is 6.09 Å². The maximum atomic E-state index is 11.8. The molecular weight excluding hydrogens is 360 g/mol. The second-order valence-corrected chi connectivity index (χ2v) is 7.34. The minimum absolute atomic E-state index is 0.0801. The Balaban J connectivity index is 1.66. The van der Waals surface area contributed by atoms with Gasteiger partial charge in [0, 0.05) is 17.1 Å². The number of aromatic nitrogens is 4. The first kappa shape index (κ1) is 17.8. The number of carbonyl (C=O) groups is 1. The highest BCUT2D eigenvalue weighted by Crippen LogP contribution is 2.31. The van der Waals surface area contributed by atoms with Gasteiger partial charge in [0.25, 0.3) is 0 Å². The van der Waals surface area contributed by atoms with Crippen LogP contribution in [0.25, 0.3) is 33.3 Å². The van der Waals surface area contributed by atoms with E-state index < -0.39 is 11.7 Å². The molecule has 3 aromatic heterocycles. The van der Waals surface area contributed by atoms with Crippen molar-refractivity contribution < 1.29 is 13.9 Å². The van der Waals surface area contributed by atoms with E-state index in [1.807, 2.05) is 24.3 Å². The fraction of sp³-hybridized carbons (Fsp3) is 0.263. The van der Waals surface area contributed by atoms with Crippen molar-refractivity contribution >= 4 is 33.9 Å². The number of ether oxygens (including phenoxy) is 1. The summed E-state index contributed by atoms with van der Waals surface area (Å²) in [7, 11) is 0. The van der Waals surface area contributed by atoms with Gasteiger partial charge in [0.15, 0.2) is 16.9 Å². The molecule has 1 amide bonds. The highest BCUT2D eigenvalue weighted by atomic mass is 16.6. The number of hydrogen-bond donors (Lipinski definition) is 3. The first-order valence-corrected chi connectivity index (χ1v) is 8.75. The number of fused-ring (bicyclic) bond motifs is 3. The third kappa shape index (κ3) is 3.46. The van der Waals surface area contributed by atoms with Crippen molar-refractivity contribution in [1.82, 2.24) is 25.5 Å². The molecule has 0 saturated heterocycles. The molecule has 3 heterocycles. The number of nitrogen functional groups attached to an aromatic ring is 1. The average Bonchev–Trinajstić information content (AvgIpc) is 3.28. The fourth-order valence-corrected chi connectivity index (χ4v) is 2.84. The molecule has 0 saturated carbocycles. The largest absolute Gasteiger partial charge is 0.444 e. The molecule has 0 atom stereocenters. The molecule has 0 spiro atoms. The molecule has 4 N–H and O–H groups in total. The van der Waals surface area contributed by atoms with E-state index in [4.69, 9.17) is 14.9 Å². The molecule has 0 fully saturated rings. The molecule has 0 unspecified atom stereocenters. The van der Waals surface area contributed by atoms with Crippen LogP contribution < -0.4 is 11.1 Å². The number of aromatic amines is 1. The summed E-state index contributed by atoms with van der Waals surface area (Å²) in [6, 6.07) is 7.61. The van der Waals surface area contributed by atoms with Crippen LogP contribution in [0.15, 0.2) is 34.9 Å². The van der Waals surface area contributed by atoms with Gasteiger partial charge in [-0.25, -0.2) is 14.8 Å². The minimum Gasteiger partial charge on any atom is -0.444 e. The van der Waals surface area contributed by atoms with Crippen LogP contribution in [0, 0.1) is 0 Å². The molecule has 144 valence electrons. The van der Waals surface area contributed by atoms with Crippen molar-refractivity contribution in [3.8, 4) is 11.3 Å². The van der Waals surface area contributed by atoms with Crippen LogP contribution in [-0.4, -0.2) is 31.9 Å². The summed E-state index contributed by atoms with van der Waals surface area (Å²) < 4.78 is 11.1. The molecular formula is C19H20N6O3. The van der Waals surface area contributed by atoms with E-state index in [0.29, 0.717) is 22.5 Å². The van der Waals surface area contributed by atoms with Crippen LogP contribution in [0.5, 0.6) is 0 Å². The molecule has 0 aliphatic carbocycles. The number of pyridine rings is 1. The molecule has 0 radical (unpaired) electrons. The van der Waals surface area contributed by atoms with E-state index >= 15 is 0 Å². The van der Waals surface area contributed by atoms with E-state index in [0.717, 1.165) is 16.6 Å². The summed E-state index contributed by atoms with van der Waals surface area (Å²) in [5.41, 5.74) is 8.98. The number of anilines is 1. The third-order valence-corrected chi connectivity index (χ3v) is 3.99. The lowest BCUT2D eigenvalue weighted by Crippen LogP contribution is -2.32. The van der Waals surface area contributed by atoms with E-state index in [1.165, 1.54) is 0 Å². The number of oxazole rings is 1. The van der Waals surface area contributed by atoms with E-state index in [2.05, 4.69) is 25.5 Å². The molecule has 0 aliphatic heterocycles. The van der Waals surface area contributed by atoms with Gasteiger partial charge in [-0.2, -0.15) is 5.10 Å². The molecule has 0 bridgehead atoms. The molecule has 0 aliphatic rings. The lowest BCUT2D eigenvalue weighted by atomic mass is 10.1. The SMILES string of the molecule is CC(C)(C)OC(=O)NCc1nc2c(N)nc3cc(-c4ccn[nH]4)ccc3c2o1. The van der Waals surface area contributed by atoms with Gasteiger partial charge in [-0.1, -0.05) is 6.07 Å². The van der Waals surface area contributed by atoms with Gasteiger partial charge in [-0.05, 0) is 39.0 Å². The van der Waals surface area contributed by atoms with Gasteiger partial charge in [-0.3, -0.25) is 5.10 Å². The Morgan fingerprint density at radius 2 is 2.11 bits per heavy atom. The Morgan fingerprint density at radius 1 is 1.29 bits per heavy atom. The van der Waals surface area contributed by atoms with Gasteiger partial charge < -0.3 is 20.2 Å². The minimum atomic E-state index is -0.581. The van der Waals surface area contributed by atoms with Crippen molar-refractivity contribution in [2.24, 2.45) is 0 Å². The zero-order valence-corrected chi connectivity index (χ0v) is 15.7. The number of hydrogen-bond acceptors (Lipinski definition) is 7. The predicted molar refractivity (Wildman–Crippen MR) is 104 cm³/mol. The van der Waals surface area contributed by atoms with Crippen molar-refractivity contribution in [3.63, 3.8) is 0 Å². The molecule has 9 nitrogen and oxygen atoms in total. The summed E-state index contributed by atoms with van der Waals surface area (Å²) in [6.45, 7) is 5.46. The highest BCUT2D eigenvalue weighted by molar-refractivity contribution is 6.05. The average molecular weight is 380 g/mol. The quantitative estimate of drug-likeness (QED) is 0.496. The highest BCUT2D eigenvalue weighted by Gasteiger charge is 2.18. The van der Waals surface area contributed by atoms with Crippen molar-refractivity contribution in [3.05, 3.63) is 36.4 Å². The zero-order chi connectivity index (χ0) is 19.9. The third-order valence-electron chi connectivity index (χ3n) is 3.99. The molecule has 4 aromatic rings. The van der Waals surface area contributed by atoms with Crippen molar-refractivity contribution in [2.75, 3.05) is 5.73 Å². The summed E-state index contributed by atoms with van der Waals surface area (Å²) in [5.74, 6) is 0.580. The Labute approximate surface area is 160 Å². The number of benzene rings is 1. The van der Waals surface area contributed by atoms with Crippen LogP contribution in [0.1, 0.15) is 26.7 Å². The Kier molecular flexibility index (Phi) is 4.14. The Hall–Kier alpha value is -3.62. The first-order valence-electron chi connectivity index (χ1n) is 8.75. The number of carbonyl (C=O) groups excluding carboxylic acids is 1. The summed E-state index contributed by atoms with van der Waals surface area (Å²) >= 11 is 0. The van der Waals surface area contributed by atoms with Gasteiger partial charge in [0.05, 0.1) is 17.8 Å². The van der Waals surface area contributed by atoms with Gasteiger partial charge in [0.2, 0.25) is 5.89 Å². The summed E-state index contributed by atoms with van der Waals surface area (Å²) in [4.78, 5) is 20.6. The van der Waals surface area contributed by atoms with Crippen LogP contribution in [0.3, 0.4) is 0 Å². The first-order chi connectivity index (χ1) is 13.3. The van der Waals surface area contributed by atoms with Crippen LogP contribution >= 0.6 is 0 Å². The van der Waals surface area contributed by atoms with Crippen molar-refractivity contribution in [2.45, 2.75) is 32.9 Å². The fourth-order valence-electron chi connectivity index (χ4n) is 2.84. The van der Waals surface area contributed by atoms with Gasteiger partial charge in [0.1, 0.15) is 5.60 Å². The second kappa shape index (κ2) is 6.52. The smallest absolute Gasteiger partial charge is 0.408 e. The lowest BCUT2D eigenvalue weighted by molar-refractivity contribution is 0.0519. The zero-order valence-electron chi connectivity index (χ0n) is 15.7. The second-order valence-electron chi connectivity index (χ2n) is 7.34. The molecule has 4 rings (SSSR count). The number of H-pyrrole nitrogens is 1. The number of rotatable bonds is 3. The molecule has 28 heavy (non-hydrogen) atoms. The van der Waals surface area contributed by atoms with Crippen molar-refractivity contribution in [1.29, 1.82) is 0 Å². The van der Waals surface area contributed by atoms with E-state index in [1.54, 1.807) is 27.0 Å². The monoisotopic (exact) mass is 380 g/mol. The van der Waals surface area contributed by atoms with E-state index in [-0.39, 0.29) is 12.4 Å². The Morgan fingerprint density at radius 3 is 2.82 bits per heavy atom. The van der Waals surface area contributed by atoms with E-state index in [9.17, 15) is 4.79 Å². The number of nitrogens with one attached hydrogen (secondary N) is 2. The number of nitrogens with two attached hydrogens (primary N) is 1. The van der Waals surface area contributed by atoms with Crippen LogP contribution in [-0.2, 0) is 11.3 Å². The molecule has 1 aromatic carbocycles. The maximum absolute atomic E-state index is 11.8. The van der Waals surface area contributed by atoms with Gasteiger partial charge in [-0.15, -0.1) is 0 Å². The maximum Gasteiger partial charge on any atom is 0.408 e. The number of amides is 1. The number of nitrogens with zero attached hydrogens (tertiary/aromatic N) is 3. The lowest BCUT2D eigenvalue weighted by Gasteiger charge is -2.19. The van der Waals surface area contributed by atoms with Crippen LogP contribution in [0.2, 0.25) is 0 Å². The Bertz CT molecular complexity index is 1160. The number of alkyl carbamates (subject to hydrolysis) is 1.